The van der Waals surface area contributed by atoms with Gasteiger partial charge in [-0.2, -0.15) is 8.42 Å². The number of carbonyl (C=O) groups is 1. The highest BCUT2D eigenvalue weighted by Crippen LogP contribution is 2.15. The summed E-state index contributed by atoms with van der Waals surface area (Å²) >= 11 is 0. The molecule has 0 bridgehead atoms. The van der Waals surface area contributed by atoms with Crippen molar-refractivity contribution in [2.45, 2.75) is 199 Å². The van der Waals surface area contributed by atoms with Crippen LogP contribution in [-0.4, -0.2) is 53.1 Å². The Bertz CT molecular complexity index is 757. The summed E-state index contributed by atoms with van der Waals surface area (Å²) in [5.74, 6) is -1.53. The summed E-state index contributed by atoms with van der Waals surface area (Å²) in [6.07, 6.45) is 31.2. The molecular formula is C35H69NO6S. The molecule has 256 valence electrons. The van der Waals surface area contributed by atoms with Gasteiger partial charge in [-0.15, -0.1) is 0 Å². The van der Waals surface area contributed by atoms with Crippen molar-refractivity contribution in [1.82, 2.24) is 5.32 Å². The van der Waals surface area contributed by atoms with E-state index in [-0.39, 0.29) is 6.42 Å². The van der Waals surface area contributed by atoms with Crippen LogP contribution in [0.15, 0.2) is 12.2 Å². The molecule has 0 saturated heterocycles. The zero-order chi connectivity index (χ0) is 32.0. The molecule has 0 aliphatic heterocycles. The quantitative estimate of drug-likeness (QED) is 0.0334. The van der Waals surface area contributed by atoms with Crippen molar-refractivity contribution in [1.29, 1.82) is 0 Å². The minimum absolute atomic E-state index is 0.285. The second-order valence-corrected chi connectivity index (χ2v) is 14.2. The largest absolute Gasteiger partial charge is 0.387 e. The lowest BCUT2D eigenvalue weighted by molar-refractivity contribution is -0.130. The number of allylic oxidation sites excluding steroid dienone is 1. The van der Waals surface area contributed by atoms with Crippen molar-refractivity contribution >= 4 is 16.0 Å². The molecule has 0 aromatic carbocycles. The van der Waals surface area contributed by atoms with E-state index in [1.165, 1.54) is 122 Å². The molecule has 0 spiro atoms. The number of aliphatic hydroxyl groups excluding tert-OH is 2. The molecule has 8 heteroatoms. The summed E-state index contributed by atoms with van der Waals surface area (Å²) in [5, 5.41) is 23.2. The van der Waals surface area contributed by atoms with E-state index in [0.717, 1.165) is 38.5 Å². The first-order valence-corrected chi connectivity index (χ1v) is 19.6. The van der Waals surface area contributed by atoms with Gasteiger partial charge in [0.2, 0.25) is 5.91 Å². The van der Waals surface area contributed by atoms with E-state index in [1.807, 2.05) is 0 Å². The first-order chi connectivity index (χ1) is 20.7. The van der Waals surface area contributed by atoms with Crippen LogP contribution in [0.2, 0.25) is 0 Å². The molecule has 0 aliphatic carbocycles. The van der Waals surface area contributed by atoms with Gasteiger partial charge in [0.25, 0.3) is 10.1 Å². The van der Waals surface area contributed by atoms with E-state index >= 15 is 0 Å². The molecule has 0 heterocycles. The summed E-state index contributed by atoms with van der Waals surface area (Å²) in [7, 11) is -4.43. The smallest absolute Gasteiger partial charge is 0.267 e. The molecule has 3 unspecified atom stereocenters. The third-order valence-electron chi connectivity index (χ3n) is 8.32. The Hall–Kier alpha value is -0.960. The van der Waals surface area contributed by atoms with Crippen LogP contribution in [0.1, 0.15) is 181 Å². The number of carbonyl (C=O) groups excluding carboxylic acids is 1. The normalized spacial score (nSPS) is 14.3. The monoisotopic (exact) mass is 631 g/mol. The standard InChI is InChI=1S/C35H69NO6S/c1-3-5-7-9-11-13-15-16-17-18-20-22-24-26-28-30-34(38)35(39)36-32(31-43(40,41)42)33(37)29-27-25-23-21-19-14-12-10-8-6-4-2/h27,29,32-34,37-38H,3-26,28,30-31H2,1-2H3,(H,36,39)(H,40,41,42)/b29-27+. The van der Waals surface area contributed by atoms with Crippen molar-refractivity contribution in [2.24, 2.45) is 0 Å². The second kappa shape index (κ2) is 29.7. The minimum Gasteiger partial charge on any atom is -0.387 e. The van der Waals surface area contributed by atoms with E-state index in [0.29, 0.717) is 6.42 Å². The predicted octanol–water partition coefficient (Wildman–Crippen LogP) is 8.82. The van der Waals surface area contributed by atoms with Crippen molar-refractivity contribution in [3.63, 3.8) is 0 Å². The third kappa shape index (κ3) is 29.5. The van der Waals surface area contributed by atoms with Gasteiger partial charge in [-0.1, -0.05) is 174 Å². The molecule has 1 amide bonds. The number of hydrogen-bond acceptors (Lipinski definition) is 5. The fourth-order valence-electron chi connectivity index (χ4n) is 5.51. The van der Waals surface area contributed by atoms with Gasteiger partial charge >= 0.3 is 0 Å². The molecule has 3 atom stereocenters. The average molecular weight is 632 g/mol. The lowest BCUT2D eigenvalue weighted by Gasteiger charge is -2.22. The molecule has 7 nitrogen and oxygen atoms in total. The number of aliphatic hydroxyl groups is 2. The second-order valence-electron chi connectivity index (χ2n) is 12.7. The Kier molecular flexibility index (Phi) is 29.1. The van der Waals surface area contributed by atoms with Crippen LogP contribution in [0.4, 0.5) is 0 Å². The van der Waals surface area contributed by atoms with Gasteiger partial charge in [-0.05, 0) is 19.3 Å². The Morgan fingerprint density at radius 2 is 1.00 bits per heavy atom. The fourth-order valence-corrected chi connectivity index (χ4v) is 6.25. The molecule has 0 radical (unpaired) electrons. The van der Waals surface area contributed by atoms with Gasteiger partial charge in [0.15, 0.2) is 0 Å². The van der Waals surface area contributed by atoms with E-state index in [9.17, 15) is 28.0 Å². The maximum absolute atomic E-state index is 12.5. The number of hydrogen-bond donors (Lipinski definition) is 4. The van der Waals surface area contributed by atoms with E-state index in [2.05, 4.69) is 19.2 Å². The Morgan fingerprint density at radius 1 is 0.628 bits per heavy atom. The van der Waals surface area contributed by atoms with Crippen molar-refractivity contribution < 1.29 is 28.0 Å². The topological polar surface area (TPSA) is 124 Å². The minimum atomic E-state index is -4.43. The van der Waals surface area contributed by atoms with Gasteiger partial charge < -0.3 is 15.5 Å². The van der Waals surface area contributed by atoms with Crippen molar-refractivity contribution in [2.75, 3.05) is 5.75 Å². The van der Waals surface area contributed by atoms with Crippen LogP contribution in [0.3, 0.4) is 0 Å². The maximum Gasteiger partial charge on any atom is 0.267 e. The van der Waals surface area contributed by atoms with Crippen molar-refractivity contribution in [3.05, 3.63) is 12.2 Å². The summed E-state index contributed by atoms with van der Waals surface area (Å²) in [6, 6.07) is -1.22. The third-order valence-corrected chi connectivity index (χ3v) is 9.10. The Morgan fingerprint density at radius 3 is 1.40 bits per heavy atom. The zero-order valence-electron chi connectivity index (χ0n) is 28.0. The lowest BCUT2D eigenvalue weighted by atomic mass is 10.0. The molecule has 0 saturated carbocycles. The summed E-state index contributed by atoms with van der Waals surface area (Å²) < 4.78 is 32.3. The Labute approximate surface area is 265 Å². The first kappa shape index (κ1) is 42.0. The van der Waals surface area contributed by atoms with Gasteiger partial charge in [0.05, 0.1) is 17.9 Å². The Balaban J connectivity index is 4.09. The molecular weight excluding hydrogens is 562 g/mol. The highest BCUT2D eigenvalue weighted by atomic mass is 32.2. The van der Waals surface area contributed by atoms with E-state index in [1.54, 1.807) is 6.08 Å². The summed E-state index contributed by atoms with van der Waals surface area (Å²) in [6.45, 7) is 4.47. The summed E-state index contributed by atoms with van der Waals surface area (Å²) in [4.78, 5) is 12.5. The molecule has 0 aromatic rings. The number of nitrogens with one attached hydrogen (secondary N) is 1. The van der Waals surface area contributed by atoms with E-state index < -0.39 is 40.0 Å². The molecule has 0 rings (SSSR count). The average Bonchev–Trinajstić information content (AvgIpc) is 2.96. The summed E-state index contributed by atoms with van der Waals surface area (Å²) in [5.41, 5.74) is 0. The molecule has 0 fully saturated rings. The van der Waals surface area contributed by atoms with Crippen LogP contribution < -0.4 is 5.32 Å². The zero-order valence-corrected chi connectivity index (χ0v) is 28.8. The lowest BCUT2D eigenvalue weighted by Crippen LogP contribution is -2.50. The van der Waals surface area contributed by atoms with Gasteiger partial charge in [0.1, 0.15) is 6.10 Å². The van der Waals surface area contributed by atoms with Crippen LogP contribution in [0.5, 0.6) is 0 Å². The molecule has 0 aliphatic rings. The first-order valence-electron chi connectivity index (χ1n) is 18.0. The number of unbranched alkanes of at least 4 members (excludes halogenated alkanes) is 23. The highest BCUT2D eigenvalue weighted by molar-refractivity contribution is 7.85. The number of rotatable bonds is 32. The van der Waals surface area contributed by atoms with Crippen LogP contribution in [-0.2, 0) is 14.9 Å². The SMILES string of the molecule is CCCCCCCCCCC/C=C/C(O)C(CS(=O)(=O)O)NC(=O)C(O)CCCCCCCCCCCCCCCCC. The van der Waals surface area contributed by atoms with Gasteiger partial charge in [0, 0.05) is 0 Å². The highest BCUT2D eigenvalue weighted by Gasteiger charge is 2.27. The van der Waals surface area contributed by atoms with E-state index in [4.69, 9.17) is 0 Å². The molecule has 4 N–H and O–H groups in total. The predicted molar refractivity (Wildman–Crippen MR) is 181 cm³/mol. The van der Waals surface area contributed by atoms with Gasteiger partial charge in [-0.3, -0.25) is 9.35 Å². The maximum atomic E-state index is 12.5. The molecule has 0 aromatic heterocycles. The fraction of sp³-hybridized carbons (Fsp3) is 0.914. The molecule has 43 heavy (non-hydrogen) atoms. The van der Waals surface area contributed by atoms with Crippen molar-refractivity contribution in [3.8, 4) is 0 Å². The van der Waals surface area contributed by atoms with Gasteiger partial charge in [-0.25, -0.2) is 0 Å². The number of amides is 1. The van der Waals surface area contributed by atoms with Crippen LogP contribution >= 0.6 is 0 Å². The van der Waals surface area contributed by atoms with Crippen LogP contribution in [0.25, 0.3) is 0 Å². The van der Waals surface area contributed by atoms with Crippen LogP contribution in [0, 0.1) is 0 Å².